The van der Waals surface area contributed by atoms with E-state index in [0.29, 0.717) is 15.3 Å². The van der Waals surface area contributed by atoms with Crippen LogP contribution in [0.1, 0.15) is 37.7 Å². The van der Waals surface area contributed by atoms with Crippen LogP contribution >= 0.6 is 35.0 Å². The molecule has 3 nitrogen and oxygen atoms in total. The molecule has 2 heterocycles. The Morgan fingerprint density at radius 2 is 2.13 bits per heavy atom. The molecule has 0 spiro atoms. The normalized spacial score (nSPS) is 33.8. The molecule has 2 saturated heterocycles. The SMILES string of the molecule is CCC(=NOC)[C@H]1[C@H](c2ccc(Cl)c(Cl)c2)CC2CC(O)[C@@H]1S2. The van der Waals surface area contributed by atoms with E-state index in [2.05, 4.69) is 12.1 Å². The van der Waals surface area contributed by atoms with Crippen LogP contribution in [-0.2, 0) is 4.84 Å². The average molecular weight is 374 g/mol. The van der Waals surface area contributed by atoms with Crippen LogP contribution in [0.5, 0.6) is 0 Å². The smallest absolute Gasteiger partial charge is 0.106 e. The lowest BCUT2D eigenvalue weighted by molar-refractivity contribution is 0.162. The van der Waals surface area contributed by atoms with E-state index in [0.717, 1.165) is 25.0 Å². The lowest BCUT2D eigenvalue weighted by Crippen LogP contribution is -2.38. The highest BCUT2D eigenvalue weighted by atomic mass is 35.5. The van der Waals surface area contributed by atoms with Gasteiger partial charge in [0.1, 0.15) is 7.11 Å². The number of hydrogen-bond donors (Lipinski definition) is 1. The zero-order valence-corrected chi connectivity index (χ0v) is 15.5. The highest BCUT2D eigenvalue weighted by Crippen LogP contribution is 2.53. The molecule has 126 valence electrons. The summed E-state index contributed by atoms with van der Waals surface area (Å²) in [5.41, 5.74) is 2.19. The van der Waals surface area contributed by atoms with Crippen molar-refractivity contribution in [1.29, 1.82) is 0 Å². The van der Waals surface area contributed by atoms with Gasteiger partial charge in [-0.3, -0.25) is 0 Å². The van der Waals surface area contributed by atoms with E-state index in [4.69, 9.17) is 28.0 Å². The molecular weight excluding hydrogens is 353 g/mol. The third-order valence-corrected chi connectivity index (χ3v) is 7.30. The molecule has 2 bridgehead atoms. The molecule has 1 N–H and O–H groups in total. The molecule has 0 aromatic heterocycles. The van der Waals surface area contributed by atoms with Crippen LogP contribution in [0.4, 0.5) is 0 Å². The Morgan fingerprint density at radius 3 is 2.78 bits per heavy atom. The Morgan fingerprint density at radius 1 is 1.35 bits per heavy atom. The van der Waals surface area contributed by atoms with Crippen molar-refractivity contribution in [1.82, 2.24) is 0 Å². The molecule has 3 rings (SSSR count). The molecule has 0 amide bonds. The lowest BCUT2D eigenvalue weighted by atomic mass is 9.78. The number of nitrogens with zero attached hydrogens (tertiary/aromatic N) is 1. The third kappa shape index (κ3) is 3.37. The number of fused-ring (bicyclic) bond motifs is 2. The molecule has 1 aromatic rings. The first-order valence-electron chi connectivity index (χ1n) is 7.93. The van der Waals surface area contributed by atoms with E-state index in [9.17, 15) is 5.11 Å². The van der Waals surface area contributed by atoms with Crippen LogP contribution in [-0.4, -0.2) is 34.5 Å². The average Bonchev–Trinajstić information content (AvgIpc) is 2.83. The summed E-state index contributed by atoms with van der Waals surface area (Å²) in [6.45, 7) is 2.09. The highest BCUT2D eigenvalue weighted by molar-refractivity contribution is 8.00. The molecule has 2 aliphatic rings. The summed E-state index contributed by atoms with van der Waals surface area (Å²) in [5.74, 6) is 0.447. The molecule has 6 heteroatoms. The van der Waals surface area contributed by atoms with Crippen molar-refractivity contribution < 1.29 is 9.94 Å². The van der Waals surface area contributed by atoms with Gasteiger partial charge in [0.05, 0.1) is 21.9 Å². The predicted octanol–water partition coefficient (Wildman–Crippen LogP) is 4.74. The number of oxime groups is 1. The van der Waals surface area contributed by atoms with Gasteiger partial charge in [-0.05, 0) is 42.9 Å². The fourth-order valence-corrected chi connectivity index (χ4v) is 6.08. The molecule has 5 atom stereocenters. The number of thioether (sulfide) groups is 1. The van der Waals surface area contributed by atoms with Crippen molar-refractivity contribution in [3.05, 3.63) is 33.8 Å². The van der Waals surface area contributed by atoms with E-state index in [1.54, 1.807) is 7.11 Å². The van der Waals surface area contributed by atoms with Gasteiger partial charge in [-0.1, -0.05) is 41.3 Å². The van der Waals surface area contributed by atoms with E-state index in [1.165, 1.54) is 5.56 Å². The Balaban J connectivity index is 2.01. The second kappa shape index (κ2) is 7.22. The largest absolute Gasteiger partial charge is 0.399 e. The topological polar surface area (TPSA) is 41.8 Å². The first kappa shape index (κ1) is 17.4. The van der Waals surface area contributed by atoms with Crippen LogP contribution in [0, 0.1) is 5.92 Å². The van der Waals surface area contributed by atoms with E-state index in [1.807, 2.05) is 30.0 Å². The molecule has 1 aromatic carbocycles. The van der Waals surface area contributed by atoms with Gasteiger partial charge in [-0.15, -0.1) is 0 Å². The van der Waals surface area contributed by atoms with Gasteiger partial charge >= 0.3 is 0 Å². The van der Waals surface area contributed by atoms with Crippen molar-refractivity contribution in [2.45, 2.75) is 48.7 Å². The van der Waals surface area contributed by atoms with Gasteiger partial charge in [0.2, 0.25) is 0 Å². The molecule has 0 aliphatic carbocycles. The maximum Gasteiger partial charge on any atom is 0.106 e. The van der Waals surface area contributed by atoms with Gasteiger partial charge in [0.25, 0.3) is 0 Å². The van der Waals surface area contributed by atoms with Gasteiger partial charge < -0.3 is 9.94 Å². The number of hydrogen-bond acceptors (Lipinski definition) is 4. The number of aliphatic hydroxyl groups excluding tert-OH is 1. The van der Waals surface area contributed by atoms with Crippen LogP contribution in [0.3, 0.4) is 0 Å². The summed E-state index contributed by atoms with van der Waals surface area (Å²) in [6.07, 6.45) is 2.40. The minimum absolute atomic E-state index is 0.163. The van der Waals surface area contributed by atoms with Crippen molar-refractivity contribution in [2.24, 2.45) is 11.1 Å². The minimum Gasteiger partial charge on any atom is -0.399 e. The first-order valence-corrected chi connectivity index (χ1v) is 9.63. The molecule has 2 unspecified atom stereocenters. The minimum atomic E-state index is -0.281. The Bertz CT molecular complexity index is 610. The van der Waals surface area contributed by atoms with E-state index in [-0.39, 0.29) is 23.2 Å². The first-order chi connectivity index (χ1) is 11.0. The van der Waals surface area contributed by atoms with Crippen molar-refractivity contribution in [3.8, 4) is 0 Å². The zero-order valence-electron chi connectivity index (χ0n) is 13.2. The molecule has 2 aliphatic heterocycles. The van der Waals surface area contributed by atoms with Crippen molar-refractivity contribution in [2.75, 3.05) is 7.11 Å². The predicted molar refractivity (Wildman–Crippen MR) is 97.8 cm³/mol. The van der Waals surface area contributed by atoms with Gasteiger partial charge in [-0.25, -0.2) is 0 Å². The summed E-state index contributed by atoms with van der Waals surface area (Å²) in [4.78, 5) is 5.07. The molecule has 23 heavy (non-hydrogen) atoms. The van der Waals surface area contributed by atoms with E-state index >= 15 is 0 Å². The summed E-state index contributed by atoms with van der Waals surface area (Å²) in [5, 5.41) is 16.6. The second-order valence-electron chi connectivity index (χ2n) is 6.19. The van der Waals surface area contributed by atoms with Crippen LogP contribution < -0.4 is 0 Å². The molecule has 0 radical (unpaired) electrons. The van der Waals surface area contributed by atoms with Crippen molar-refractivity contribution >= 4 is 40.7 Å². The van der Waals surface area contributed by atoms with Gasteiger partial charge in [0.15, 0.2) is 0 Å². The maximum atomic E-state index is 10.5. The number of aliphatic hydroxyl groups is 1. The summed E-state index contributed by atoms with van der Waals surface area (Å²) < 4.78 is 0. The molecule has 2 fully saturated rings. The number of halogens is 2. The summed E-state index contributed by atoms with van der Waals surface area (Å²) >= 11 is 14.2. The molecular formula is C17H21Cl2NO2S. The highest BCUT2D eigenvalue weighted by Gasteiger charge is 2.49. The second-order valence-corrected chi connectivity index (χ2v) is 8.48. The summed E-state index contributed by atoms with van der Waals surface area (Å²) in [6, 6.07) is 5.87. The van der Waals surface area contributed by atoms with Gasteiger partial charge in [-0.2, -0.15) is 11.8 Å². The Kier molecular flexibility index (Phi) is 5.46. The number of rotatable bonds is 4. The third-order valence-electron chi connectivity index (χ3n) is 4.86. The quantitative estimate of drug-likeness (QED) is 0.611. The standard InChI is InChI=1S/C17H21Cl2NO2S/c1-3-14(20-22-2)16-11(7-10-8-15(21)17(16)23-10)9-4-5-12(18)13(19)6-9/h4-6,10-11,15-17,21H,3,7-8H2,1-2H3/t10?,11-,15?,16+,17-/m0/s1. The van der Waals surface area contributed by atoms with E-state index < -0.39 is 0 Å². The lowest BCUT2D eigenvalue weighted by Gasteiger charge is -2.37. The Hall–Kier alpha value is -0.420. The van der Waals surface area contributed by atoms with Crippen LogP contribution in [0.25, 0.3) is 0 Å². The molecule has 0 saturated carbocycles. The fourth-order valence-electron chi connectivity index (χ4n) is 3.89. The monoisotopic (exact) mass is 373 g/mol. The van der Waals surface area contributed by atoms with Gasteiger partial charge in [0, 0.05) is 16.4 Å². The Labute approximate surface area is 151 Å². The maximum absolute atomic E-state index is 10.5. The van der Waals surface area contributed by atoms with Crippen LogP contribution in [0.15, 0.2) is 23.4 Å². The fraction of sp³-hybridized carbons (Fsp3) is 0.588. The van der Waals surface area contributed by atoms with Crippen molar-refractivity contribution in [3.63, 3.8) is 0 Å². The number of benzene rings is 1. The van der Waals surface area contributed by atoms with Crippen LogP contribution in [0.2, 0.25) is 10.0 Å². The zero-order chi connectivity index (χ0) is 16.6. The summed E-state index contributed by atoms with van der Waals surface area (Å²) in [7, 11) is 1.58.